The summed E-state index contributed by atoms with van der Waals surface area (Å²) in [6.07, 6.45) is 1.63. The summed E-state index contributed by atoms with van der Waals surface area (Å²) < 4.78 is 7.53. The fourth-order valence-corrected chi connectivity index (χ4v) is 2.00. The zero-order chi connectivity index (χ0) is 15.4. The molecular formula is C12H15BrN6O2. The van der Waals surface area contributed by atoms with Crippen LogP contribution in [0.25, 0.3) is 0 Å². The Balaban J connectivity index is 1.98. The molecule has 0 spiro atoms. The molecule has 2 amide bonds. The number of carbonyl (C=O) groups excluding carboxylic acids is 1. The molecule has 0 aromatic carbocycles. The van der Waals surface area contributed by atoms with Gasteiger partial charge in [-0.3, -0.25) is 10.00 Å². The monoisotopic (exact) mass is 354 g/mol. The standard InChI is InChI=1S/C12H15BrN6O2/c1-7-10(17-18-19(7)2)16-12(20)15-5-8-4-9(13)6-14-11(8)21-3/h4,6H,5H2,1-3H3,(H2,15,16,20). The molecule has 2 rings (SSSR count). The van der Waals surface area contributed by atoms with Gasteiger partial charge in [0.1, 0.15) is 0 Å². The van der Waals surface area contributed by atoms with Crippen LogP contribution in [-0.4, -0.2) is 33.1 Å². The van der Waals surface area contributed by atoms with E-state index in [1.165, 1.54) is 7.11 Å². The van der Waals surface area contributed by atoms with Crippen molar-refractivity contribution in [2.24, 2.45) is 7.05 Å². The number of methoxy groups -OCH3 is 1. The number of halogens is 1. The minimum Gasteiger partial charge on any atom is -0.481 e. The van der Waals surface area contributed by atoms with Gasteiger partial charge in [0.15, 0.2) is 5.82 Å². The minimum absolute atomic E-state index is 0.279. The molecule has 112 valence electrons. The molecule has 0 aliphatic heterocycles. The van der Waals surface area contributed by atoms with Gasteiger partial charge in [-0.2, -0.15) is 0 Å². The van der Waals surface area contributed by atoms with Gasteiger partial charge >= 0.3 is 6.03 Å². The van der Waals surface area contributed by atoms with Crippen molar-refractivity contribution in [3.05, 3.63) is 28.0 Å². The highest BCUT2D eigenvalue weighted by molar-refractivity contribution is 9.10. The summed E-state index contributed by atoms with van der Waals surface area (Å²) in [7, 11) is 3.28. The van der Waals surface area contributed by atoms with Crippen LogP contribution in [0.5, 0.6) is 5.88 Å². The molecule has 0 unspecified atom stereocenters. The van der Waals surface area contributed by atoms with Crippen molar-refractivity contribution in [1.82, 2.24) is 25.3 Å². The normalized spacial score (nSPS) is 10.3. The van der Waals surface area contributed by atoms with E-state index in [4.69, 9.17) is 4.74 Å². The van der Waals surface area contributed by atoms with Gasteiger partial charge in [0.2, 0.25) is 5.88 Å². The van der Waals surface area contributed by atoms with Crippen LogP contribution in [0.15, 0.2) is 16.7 Å². The van der Waals surface area contributed by atoms with Crippen LogP contribution in [-0.2, 0) is 13.6 Å². The maximum absolute atomic E-state index is 11.9. The zero-order valence-electron chi connectivity index (χ0n) is 11.8. The Labute approximate surface area is 130 Å². The fourth-order valence-electron chi connectivity index (χ4n) is 1.63. The molecular weight excluding hydrogens is 340 g/mol. The van der Waals surface area contributed by atoms with E-state index in [2.05, 4.69) is 41.9 Å². The second-order valence-electron chi connectivity index (χ2n) is 4.28. The Bertz CT molecular complexity index is 657. The summed E-state index contributed by atoms with van der Waals surface area (Å²) in [5, 5.41) is 13.0. The predicted molar refractivity (Wildman–Crippen MR) is 80.1 cm³/mol. The number of anilines is 1. The van der Waals surface area contributed by atoms with Crippen LogP contribution < -0.4 is 15.4 Å². The third-order valence-corrected chi connectivity index (χ3v) is 3.30. The number of nitrogens with one attached hydrogen (secondary N) is 2. The largest absolute Gasteiger partial charge is 0.481 e. The first-order chi connectivity index (χ1) is 10.0. The first-order valence-electron chi connectivity index (χ1n) is 6.10. The topological polar surface area (TPSA) is 94.0 Å². The van der Waals surface area contributed by atoms with E-state index in [9.17, 15) is 4.79 Å². The van der Waals surface area contributed by atoms with Crippen molar-refractivity contribution >= 4 is 27.8 Å². The predicted octanol–water partition coefficient (Wildman–Crippen LogP) is 1.61. The van der Waals surface area contributed by atoms with Crippen LogP contribution in [0.2, 0.25) is 0 Å². The first-order valence-corrected chi connectivity index (χ1v) is 6.90. The molecule has 21 heavy (non-hydrogen) atoms. The summed E-state index contributed by atoms with van der Waals surface area (Å²) in [5.74, 6) is 0.892. The quantitative estimate of drug-likeness (QED) is 0.869. The number of urea groups is 1. The highest BCUT2D eigenvalue weighted by Crippen LogP contribution is 2.19. The minimum atomic E-state index is -0.374. The third-order valence-electron chi connectivity index (χ3n) is 2.86. The highest BCUT2D eigenvalue weighted by Gasteiger charge is 2.11. The average molecular weight is 355 g/mol. The number of hydrogen-bond donors (Lipinski definition) is 2. The number of amides is 2. The summed E-state index contributed by atoms with van der Waals surface area (Å²) in [4.78, 5) is 16.0. The Kier molecular flexibility index (Phi) is 4.73. The molecule has 0 aliphatic rings. The summed E-state index contributed by atoms with van der Waals surface area (Å²) in [6.45, 7) is 2.09. The van der Waals surface area contributed by atoms with E-state index in [0.29, 0.717) is 11.7 Å². The van der Waals surface area contributed by atoms with Crippen LogP contribution in [0.1, 0.15) is 11.3 Å². The molecule has 0 bridgehead atoms. The lowest BCUT2D eigenvalue weighted by Gasteiger charge is -2.09. The molecule has 0 aliphatic carbocycles. The first kappa shape index (κ1) is 15.2. The number of aromatic nitrogens is 4. The van der Waals surface area contributed by atoms with Gasteiger partial charge in [-0.05, 0) is 28.9 Å². The SMILES string of the molecule is COc1ncc(Br)cc1CNC(=O)Nc1nnn(C)c1C. The smallest absolute Gasteiger partial charge is 0.320 e. The third kappa shape index (κ3) is 3.69. The number of hydrogen-bond acceptors (Lipinski definition) is 5. The van der Waals surface area contributed by atoms with E-state index in [1.54, 1.807) is 17.9 Å². The van der Waals surface area contributed by atoms with E-state index in [1.807, 2.05) is 13.0 Å². The Morgan fingerprint density at radius 3 is 2.90 bits per heavy atom. The number of rotatable bonds is 4. The lowest BCUT2D eigenvalue weighted by Crippen LogP contribution is -2.29. The number of nitrogens with zero attached hydrogens (tertiary/aromatic N) is 4. The Morgan fingerprint density at radius 1 is 1.52 bits per heavy atom. The van der Waals surface area contributed by atoms with Gasteiger partial charge in [0.05, 0.1) is 12.8 Å². The van der Waals surface area contributed by atoms with Gasteiger partial charge in [-0.25, -0.2) is 9.78 Å². The molecule has 0 fully saturated rings. The van der Waals surface area contributed by atoms with Crippen LogP contribution >= 0.6 is 15.9 Å². The van der Waals surface area contributed by atoms with Gasteiger partial charge in [0, 0.05) is 29.8 Å². The van der Waals surface area contributed by atoms with Crippen molar-refractivity contribution in [2.75, 3.05) is 12.4 Å². The molecule has 0 radical (unpaired) electrons. The number of aryl methyl sites for hydroxylation is 1. The lowest BCUT2D eigenvalue weighted by molar-refractivity contribution is 0.251. The molecule has 0 saturated carbocycles. The van der Waals surface area contributed by atoms with Crippen LogP contribution in [0.3, 0.4) is 0 Å². The number of ether oxygens (including phenoxy) is 1. The second-order valence-corrected chi connectivity index (χ2v) is 5.19. The van der Waals surface area contributed by atoms with Crippen LogP contribution in [0.4, 0.5) is 10.6 Å². The molecule has 0 atom stereocenters. The van der Waals surface area contributed by atoms with Crippen molar-refractivity contribution < 1.29 is 9.53 Å². The van der Waals surface area contributed by atoms with E-state index >= 15 is 0 Å². The number of carbonyl (C=O) groups is 1. The van der Waals surface area contributed by atoms with E-state index in [-0.39, 0.29) is 12.6 Å². The summed E-state index contributed by atoms with van der Waals surface area (Å²) in [5.41, 5.74) is 1.53. The summed E-state index contributed by atoms with van der Waals surface area (Å²) >= 11 is 3.33. The van der Waals surface area contributed by atoms with Crippen molar-refractivity contribution in [1.29, 1.82) is 0 Å². The van der Waals surface area contributed by atoms with Gasteiger partial charge in [0.25, 0.3) is 0 Å². The molecule has 8 nitrogen and oxygen atoms in total. The van der Waals surface area contributed by atoms with Crippen molar-refractivity contribution in [3.63, 3.8) is 0 Å². The molecule has 2 heterocycles. The van der Waals surface area contributed by atoms with Gasteiger partial charge in [-0.1, -0.05) is 5.21 Å². The molecule has 2 aromatic heterocycles. The van der Waals surface area contributed by atoms with Crippen molar-refractivity contribution in [2.45, 2.75) is 13.5 Å². The Hall–Kier alpha value is -2.16. The average Bonchev–Trinajstić information content (AvgIpc) is 2.77. The maximum Gasteiger partial charge on any atom is 0.320 e. The molecule has 2 N–H and O–H groups in total. The van der Waals surface area contributed by atoms with Crippen molar-refractivity contribution in [3.8, 4) is 5.88 Å². The maximum atomic E-state index is 11.9. The molecule has 2 aromatic rings. The lowest BCUT2D eigenvalue weighted by atomic mass is 10.2. The van der Waals surface area contributed by atoms with Gasteiger partial charge in [-0.15, -0.1) is 5.10 Å². The van der Waals surface area contributed by atoms with Crippen LogP contribution in [0, 0.1) is 6.92 Å². The number of pyridine rings is 1. The molecule has 9 heteroatoms. The fraction of sp³-hybridized carbons (Fsp3) is 0.333. The summed E-state index contributed by atoms with van der Waals surface area (Å²) in [6, 6.07) is 1.46. The van der Waals surface area contributed by atoms with E-state index in [0.717, 1.165) is 15.7 Å². The Morgan fingerprint density at radius 2 is 2.29 bits per heavy atom. The molecule has 0 saturated heterocycles. The second kappa shape index (κ2) is 6.53. The highest BCUT2D eigenvalue weighted by atomic mass is 79.9. The van der Waals surface area contributed by atoms with Gasteiger partial charge < -0.3 is 10.1 Å². The van der Waals surface area contributed by atoms with E-state index < -0.39 is 0 Å². The zero-order valence-corrected chi connectivity index (χ0v) is 13.4.